The van der Waals surface area contributed by atoms with E-state index in [4.69, 9.17) is 0 Å². The molecule has 0 aliphatic heterocycles. The van der Waals surface area contributed by atoms with E-state index in [0.29, 0.717) is 0 Å². The standard InChI is InChI=1S/C63H42/c1-37-34-50-58-51(35-37)61-52(36-53(58)60-45(41-22-10-5-11-23-41)31-30-44(59(50)60)40-20-8-4-9-21-40)55(42-24-12-6-13-25-42)62-49-33-32-47(54-38(2)18-16-19-39(54)3)46-28-17-29-48(57(46)49)63(62)56(61)43-26-14-7-15-27-43/h4-36H,1-3H3. The number of aryl methyl sites for hydroxylation is 3. The molecule has 0 heteroatoms. The lowest BCUT2D eigenvalue weighted by molar-refractivity contribution is 1.39. The van der Waals surface area contributed by atoms with Crippen LogP contribution in [0.15, 0.2) is 200 Å². The summed E-state index contributed by atoms with van der Waals surface area (Å²) in [5.74, 6) is 0. The molecule has 294 valence electrons. The van der Waals surface area contributed by atoms with Gasteiger partial charge in [-0.05, 0) is 175 Å². The molecule has 0 N–H and O–H groups in total. The summed E-state index contributed by atoms with van der Waals surface area (Å²) in [4.78, 5) is 0. The third-order valence-corrected chi connectivity index (χ3v) is 14.0. The minimum absolute atomic E-state index is 1.23. The average Bonchev–Trinajstić information content (AvgIpc) is 3.83. The number of fused-ring (bicyclic) bond motifs is 8. The van der Waals surface area contributed by atoms with Gasteiger partial charge < -0.3 is 0 Å². The first-order valence-corrected chi connectivity index (χ1v) is 22.2. The van der Waals surface area contributed by atoms with Gasteiger partial charge in [0.1, 0.15) is 0 Å². The molecule has 0 atom stereocenters. The maximum absolute atomic E-state index is 2.59. The van der Waals surface area contributed by atoms with E-state index in [1.807, 2.05) is 0 Å². The second-order valence-electron chi connectivity index (χ2n) is 17.6. The topological polar surface area (TPSA) is 0 Å². The Balaban J connectivity index is 1.32. The van der Waals surface area contributed by atoms with Gasteiger partial charge in [-0.15, -0.1) is 0 Å². The fourth-order valence-electron chi connectivity index (χ4n) is 11.6. The number of hydrogen-bond acceptors (Lipinski definition) is 0. The molecule has 0 aromatic heterocycles. The smallest absolute Gasteiger partial charge is 0.000719 e. The van der Waals surface area contributed by atoms with Crippen LogP contribution in [0.1, 0.15) is 16.7 Å². The third kappa shape index (κ3) is 5.10. The minimum Gasteiger partial charge on any atom is -0.0622 e. The molecule has 0 spiro atoms. The van der Waals surface area contributed by atoms with Crippen LogP contribution in [0, 0.1) is 20.8 Å². The van der Waals surface area contributed by atoms with Crippen LogP contribution in [-0.4, -0.2) is 0 Å². The molecule has 63 heavy (non-hydrogen) atoms. The zero-order valence-corrected chi connectivity index (χ0v) is 35.6. The molecule has 0 radical (unpaired) electrons. The van der Waals surface area contributed by atoms with Crippen LogP contribution in [0.5, 0.6) is 0 Å². The van der Waals surface area contributed by atoms with Crippen LogP contribution in [0.3, 0.4) is 0 Å². The molecule has 0 fully saturated rings. The van der Waals surface area contributed by atoms with Gasteiger partial charge >= 0.3 is 0 Å². The summed E-state index contributed by atoms with van der Waals surface area (Å²) in [6.07, 6.45) is 0. The van der Waals surface area contributed by atoms with Crippen molar-refractivity contribution in [1.29, 1.82) is 0 Å². The Labute approximate surface area is 367 Å². The first-order valence-electron chi connectivity index (χ1n) is 22.2. The maximum atomic E-state index is 2.59. The molecule has 0 saturated carbocycles. The summed E-state index contributed by atoms with van der Waals surface area (Å²) in [7, 11) is 0. The molecule has 0 unspecified atom stereocenters. The molecular weight excluding hydrogens is 757 g/mol. The van der Waals surface area contributed by atoms with Gasteiger partial charge in [-0.25, -0.2) is 0 Å². The van der Waals surface area contributed by atoms with Gasteiger partial charge in [0, 0.05) is 0 Å². The molecule has 13 aromatic rings. The summed E-state index contributed by atoms with van der Waals surface area (Å²) in [5.41, 5.74) is 16.6. The van der Waals surface area contributed by atoms with Crippen LogP contribution in [0.2, 0.25) is 0 Å². The summed E-state index contributed by atoms with van der Waals surface area (Å²) >= 11 is 0. The van der Waals surface area contributed by atoms with Crippen molar-refractivity contribution in [3.05, 3.63) is 217 Å². The number of hydrogen-bond donors (Lipinski definition) is 0. The molecule has 13 aromatic carbocycles. The van der Waals surface area contributed by atoms with Gasteiger partial charge in [0.2, 0.25) is 0 Å². The fraction of sp³-hybridized carbons (Fsp3) is 0.0476. The SMILES string of the molecule is Cc1cc2c3c(-c4ccccc4)c4c5cccc6c(-c7c(C)cccc7C)ccc(c4c(-c4ccccc4)c3cc3c4c(-c7ccccc7)ccc(-c7ccccc7)c4c(c1)c23)c65. The van der Waals surface area contributed by atoms with E-state index in [2.05, 4.69) is 221 Å². The number of benzene rings is 11. The van der Waals surface area contributed by atoms with Crippen molar-refractivity contribution >= 4 is 75.4 Å². The minimum atomic E-state index is 1.23. The molecule has 0 heterocycles. The summed E-state index contributed by atoms with van der Waals surface area (Å²) in [5, 5.41) is 18.4. The third-order valence-electron chi connectivity index (χ3n) is 14.0. The Hall–Kier alpha value is -7.80. The lowest BCUT2D eigenvalue weighted by Gasteiger charge is -2.19. The van der Waals surface area contributed by atoms with E-state index in [-0.39, 0.29) is 0 Å². The molecule has 0 saturated heterocycles. The van der Waals surface area contributed by atoms with E-state index >= 15 is 0 Å². The normalized spacial score (nSPS) is 12.0. The summed E-state index contributed by atoms with van der Waals surface area (Å²) < 4.78 is 0. The zero-order valence-electron chi connectivity index (χ0n) is 35.6. The molecular formula is C63H42. The Morgan fingerprint density at radius 3 is 1.24 bits per heavy atom. The second-order valence-corrected chi connectivity index (χ2v) is 17.6. The average molecular weight is 799 g/mol. The maximum Gasteiger partial charge on any atom is -0.000719 e. The van der Waals surface area contributed by atoms with Crippen LogP contribution >= 0.6 is 0 Å². The Morgan fingerprint density at radius 2 is 0.651 bits per heavy atom. The molecule has 0 aliphatic carbocycles. The van der Waals surface area contributed by atoms with Gasteiger partial charge in [-0.1, -0.05) is 194 Å². The summed E-state index contributed by atoms with van der Waals surface area (Å²) in [6, 6.07) is 75.2. The van der Waals surface area contributed by atoms with Crippen LogP contribution < -0.4 is 0 Å². The van der Waals surface area contributed by atoms with Crippen LogP contribution in [0.25, 0.3) is 131 Å². The molecule has 0 bridgehead atoms. The predicted octanol–water partition coefficient (Wildman–Crippen LogP) is 17.9. The Kier molecular flexibility index (Phi) is 7.75. The van der Waals surface area contributed by atoms with Crippen molar-refractivity contribution < 1.29 is 0 Å². The predicted molar refractivity (Wildman–Crippen MR) is 273 cm³/mol. The highest BCUT2D eigenvalue weighted by Gasteiger charge is 2.28. The van der Waals surface area contributed by atoms with Crippen molar-refractivity contribution in [2.24, 2.45) is 0 Å². The Morgan fingerprint density at radius 1 is 0.222 bits per heavy atom. The van der Waals surface area contributed by atoms with Gasteiger partial charge in [-0.2, -0.15) is 0 Å². The second kappa shape index (κ2) is 13.6. The molecule has 13 rings (SSSR count). The highest BCUT2D eigenvalue weighted by atomic mass is 14.3. The van der Waals surface area contributed by atoms with Crippen LogP contribution in [0.4, 0.5) is 0 Å². The van der Waals surface area contributed by atoms with E-state index in [0.717, 1.165) is 0 Å². The van der Waals surface area contributed by atoms with Gasteiger partial charge in [0.05, 0.1) is 0 Å². The first-order chi connectivity index (χ1) is 31.0. The quantitative estimate of drug-likeness (QED) is 0.152. The van der Waals surface area contributed by atoms with E-state index < -0.39 is 0 Å². The van der Waals surface area contributed by atoms with Crippen LogP contribution in [-0.2, 0) is 0 Å². The van der Waals surface area contributed by atoms with Crippen molar-refractivity contribution in [1.82, 2.24) is 0 Å². The largest absolute Gasteiger partial charge is 0.0622 e. The van der Waals surface area contributed by atoms with E-state index in [1.54, 1.807) is 0 Å². The molecule has 0 aliphatic rings. The van der Waals surface area contributed by atoms with Gasteiger partial charge in [0.15, 0.2) is 0 Å². The Bertz CT molecular complexity index is 3920. The molecule has 0 nitrogen and oxygen atoms in total. The van der Waals surface area contributed by atoms with E-state index in [9.17, 15) is 0 Å². The van der Waals surface area contributed by atoms with Crippen molar-refractivity contribution in [2.45, 2.75) is 20.8 Å². The van der Waals surface area contributed by atoms with Crippen molar-refractivity contribution in [3.63, 3.8) is 0 Å². The van der Waals surface area contributed by atoms with Gasteiger partial charge in [-0.3, -0.25) is 0 Å². The number of rotatable bonds is 5. The first kappa shape index (κ1) is 35.9. The van der Waals surface area contributed by atoms with E-state index in [1.165, 1.54) is 148 Å². The lowest BCUT2D eigenvalue weighted by Crippen LogP contribution is -1.91. The molecule has 0 amide bonds. The summed E-state index contributed by atoms with van der Waals surface area (Å²) in [6.45, 7) is 6.79. The lowest BCUT2D eigenvalue weighted by atomic mass is 9.83. The van der Waals surface area contributed by atoms with Crippen molar-refractivity contribution in [3.8, 4) is 55.6 Å². The van der Waals surface area contributed by atoms with Crippen molar-refractivity contribution in [2.75, 3.05) is 0 Å². The fourth-order valence-corrected chi connectivity index (χ4v) is 11.6. The zero-order chi connectivity index (χ0) is 41.9. The highest BCUT2D eigenvalue weighted by Crippen LogP contribution is 2.56. The van der Waals surface area contributed by atoms with Gasteiger partial charge in [0.25, 0.3) is 0 Å². The monoisotopic (exact) mass is 798 g/mol. The highest BCUT2D eigenvalue weighted by molar-refractivity contribution is 6.46.